The fourth-order valence-electron chi connectivity index (χ4n) is 6.27. The van der Waals surface area contributed by atoms with Crippen LogP contribution in [0.1, 0.15) is 74.1 Å². The number of nitrogens with one attached hydrogen (secondary N) is 2. The maximum Gasteiger partial charge on any atom is 0.411 e. The second kappa shape index (κ2) is 10.9. The Bertz CT molecular complexity index is 1250. The number of rotatable bonds is 6. The lowest BCUT2D eigenvalue weighted by Crippen LogP contribution is -2.49. The standard InChI is InChI=1S/C27H34FN5O6/c1-3-19-23(32-39-31-19)25(35)30-22(16-6-4-15(2)5-7-16)24(34)29-17-12-18(28)21-20(13-17)33(26(36)37)14-27(21)8-10-38-11-9-27/h12-13,15-16,22H,3-11,14H2,1-2H3,(H,29,34)(H,30,35)(H,36,37)/t15-,16-,22?. The molecule has 5 rings (SSSR count). The first-order chi connectivity index (χ1) is 18.7. The first-order valence-corrected chi connectivity index (χ1v) is 13.6. The summed E-state index contributed by atoms with van der Waals surface area (Å²) in [5, 5.41) is 22.9. The Balaban J connectivity index is 1.42. The molecule has 2 aliphatic heterocycles. The van der Waals surface area contributed by atoms with Crippen LogP contribution in [0, 0.1) is 17.7 Å². The highest BCUT2D eigenvalue weighted by Crippen LogP contribution is 2.49. The summed E-state index contributed by atoms with van der Waals surface area (Å²) in [6.07, 6.45) is 3.60. The molecular weight excluding hydrogens is 509 g/mol. The third-order valence-corrected chi connectivity index (χ3v) is 8.51. The summed E-state index contributed by atoms with van der Waals surface area (Å²) < 4.78 is 25.8. The highest BCUT2D eigenvalue weighted by molar-refractivity contribution is 6.01. The predicted molar refractivity (Wildman–Crippen MR) is 138 cm³/mol. The molecule has 39 heavy (non-hydrogen) atoms. The lowest BCUT2D eigenvalue weighted by Gasteiger charge is -2.34. The van der Waals surface area contributed by atoms with E-state index in [0.717, 1.165) is 30.6 Å². The van der Waals surface area contributed by atoms with Gasteiger partial charge in [0.1, 0.15) is 17.6 Å². The number of fused-ring (bicyclic) bond motifs is 2. The minimum Gasteiger partial charge on any atom is -0.465 e. The van der Waals surface area contributed by atoms with Crippen LogP contribution in [0.25, 0.3) is 0 Å². The van der Waals surface area contributed by atoms with Crippen molar-refractivity contribution in [2.75, 3.05) is 30.0 Å². The fraction of sp³-hybridized carbons (Fsp3) is 0.593. The largest absolute Gasteiger partial charge is 0.465 e. The zero-order chi connectivity index (χ0) is 27.7. The number of carboxylic acid groups (broad SMARTS) is 1. The number of hydrogen-bond acceptors (Lipinski definition) is 7. The van der Waals surface area contributed by atoms with Crippen LogP contribution in [0.5, 0.6) is 0 Å². The van der Waals surface area contributed by atoms with Crippen molar-refractivity contribution in [3.63, 3.8) is 0 Å². The number of aromatic nitrogens is 2. The van der Waals surface area contributed by atoms with Crippen molar-refractivity contribution in [2.45, 2.75) is 70.3 Å². The van der Waals surface area contributed by atoms with Crippen LogP contribution in [0.4, 0.5) is 20.6 Å². The number of hydrogen-bond donors (Lipinski definition) is 3. The SMILES string of the molecule is CCc1nonc1C(=O)NC(C(=O)Nc1cc(F)c2c(c1)N(C(=O)O)CC21CCOCC1)[C@H]1CC[C@H](C)CC1. The molecule has 3 heterocycles. The molecule has 0 bridgehead atoms. The molecule has 1 atom stereocenters. The Morgan fingerprint density at radius 1 is 1.18 bits per heavy atom. The molecule has 3 aliphatic rings. The van der Waals surface area contributed by atoms with Gasteiger partial charge in [0, 0.05) is 36.4 Å². The molecule has 1 aromatic heterocycles. The molecule has 0 radical (unpaired) electrons. The van der Waals surface area contributed by atoms with Gasteiger partial charge in [-0.15, -0.1) is 0 Å². The van der Waals surface area contributed by atoms with E-state index in [2.05, 4.69) is 27.9 Å². The van der Waals surface area contributed by atoms with Gasteiger partial charge in [0.2, 0.25) is 5.91 Å². The maximum absolute atomic E-state index is 15.6. The summed E-state index contributed by atoms with van der Waals surface area (Å²) in [6.45, 7) is 4.96. The van der Waals surface area contributed by atoms with Gasteiger partial charge in [-0.25, -0.2) is 13.8 Å². The molecule has 2 fully saturated rings. The summed E-state index contributed by atoms with van der Waals surface area (Å²) in [6, 6.07) is 1.84. The third-order valence-electron chi connectivity index (χ3n) is 8.51. The second-order valence-electron chi connectivity index (χ2n) is 11.0. The number of aryl methyl sites for hydroxylation is 1. The molecule has 2 aromatic rings. The van der Waals surface area contributed by atoms with E-state index >= 15 is 4.39 Å². The molecule has 210 valence electrons. The molecule has 1 saturated carbocycles. The Hall–Kier alpha value is -3.54. The number of carbonyl (C=O) groups is 3. The van der Waals surface area contributed by atoms with Gasteiger partial charge in [0.05, 0.1) is 5.69 Å². The summed E-state index contributed by atoms with van der Waals surface area (Å²) in [5.74, 6) is -1.24. The zero-order valence-corrected chi connectivity index (χ0v) is 22.2. The van der Waals surface area contributed by atoms with Gasteiger partial charge in [-0.05, 0) is 61.2 Å². The normalized spacial score (nSPS) is 22.8. The van der Waals surface area contributed by atoms with Crippen LogP contribution in [0.2, 0.25) is 0 Å². The molecular formula is C27H34FN5O6. The Labute approximate surface area is 225 Å². The topological polar surface area (TPSA) is 147 Å². The number of amides is 3. The van der Waals surface area contributed by atoms with Crippen molar-refractivity contribution >= 4 is 29.3 Å². The predicted octanol–water partition coefficient (Wildman–Crippen LogP) is 3.88. The van der Waals surface area contributed by atoms with Crippen molar-refractivity contribution < 1.29 is 33.2 Å². The second-order valence-corrected chi connectivity index (χ2v) is 11.0. The molecule has 3 N–H and O–H groups in total. The van der Waals surface area contributed by atoms with E-state index in [1.165, 1.54) is 12.1 Å². The lowest BCUT2D eigenvalue weighted by atomic mass is 9.75. The van der Waals surface area contributed by atoms with Gasteiger partial charge in [0.25, 0.3) is 5.91 Å². The van der Waals surface area contributed by atoms with Crippen molar-refractivity contribution in [3.05, 3.63) is 34.9 Å². The van der Waals surface area contributed by atoms with Gasteiger partial charge in [-0.1, -0.05) is 31.8 Å². The van der Waals surface area contributed by atoms with E-state index in [9.17, 15) is 19.5 Å². The van der Waals surface area contributed by atoms with Crippen molar-refractivity contribution in [2.24, 2.45) is 11.8 Å². The molecule has 1 aliphatic carbocycles. The van der Waals surface area contributed by atoms with Crippen molar-refractivity contribution in [1.82, 2.24) is 15.6 Å². The van der Waals surface area contributed by atoms with E-state index in [-0.39, 0.29) is 29.5 Å². The summed E-state index contributed by atoms with van der Waals surface area (Å²) in [4.78, 5) is 39.9. The van der Waals surface area contributed by atoms with Crippen LogP contribution in [0.15, 0.2) is 16.8 Å². The number of ether oxygens (including phenoxy) is 1. The minimum absolute atomic E-state index is 0.0295. The van der Waals surface area contributed by atoms with E-state index in [0.29, 0.717) is 49.7 Å². The zero-order valence-electron chi connectivity index (χ0n) is 22.2. The Morgan fingerprint density at radius 3 is 2.56 bits per heavy atom. The maximum atomic E-state index is 15.6. The number of carbonyl (C=O) groups excluding carboxylic acids is 2. The van der Waals surface area contributed by atoms with Crippen LogP contribution < -0.4 is 15.5 Å². The highest BCUT2D eigenvalue weighted by atomic mass is 19.1. The van der Waals surface area contributed by atoms with E-state index in [1.807, 2.05) is 6.92 Å². The number of nitrogens with zero attached hydrogens (tertiary/aromatic N) is 3. The average molecular weight is 544 g/mol. The molecule has 1 aromatic carbocycles. The fourth-order valence-corrected chi connectivity index (χ4v) is 6.27. The minimum atomic E-state index is -1.18. The van der Waals surface area contributed by atoms with Gasteiger partial charge in [0.15, 0.2) is 5.69 Å². The number of anilines is 2. The van der Waals surface area contributed by atoms with Gasteiger partial charge in [-0.2, -0.15) is 0 Å². The smallest absolute Gasteiger partial charge is 0.411 e. The molecule has 12 heteroatoms. The molecule has 3 amide bonds. The van der Waals surface area contributed by atoms with E-state index < -0.39 is 35.2 Å². The van der Waals surface area contributed by atoms with Crippen LogP contribution in [0.3, 0.4) is 0 Å². The van der Waals surface area contributed by atoms with Crippen LogP contribution in [-0.4, -0.2) is 59.1 Å². The van der Waals surface area contributed by atoms with Crippen LogP contribution >= 0.6 is 0 Å². The van der Waals surface area contributed by atoms with Crippen LogP contribution in [-0.2, 0) is 21.4 Å². The lowest BCUT2D eigenvalue weighted by molar-refractivity contribution is -0.119. The van der Waals surface area contributed by atoms with E-state index in [4.69, 9.17) is 9.37 Å². The summed E-state index contributed by atoms with van der Waals surface area (Å²) in [5.41, 5.74) is 0.474. The van der Waals surface area contributed by atoms with Crippen molar-refractivity contribution in [3.8, 4) is 0 Å². The van der Waals surface area contributed by atoms with E-state index in [1.54, 1.807) is 0 Å². The third kappa shape index (κ3) is 5.21. The average Bonchev–Trinajstić information content (AvgIpc) is 3.51. The first-order valence-electron chi connectivity index (χ1n) is 13.6. The molecule has 11 nitrogen and oxygen atoms in total. The Morgan fingerprint density at radius 2 is 1.90 bits per heavy atom. The highest BCUT2D eigenvalue weighted by Gasteiger charge is 2.48. The van der Waals surface area contributed by atoms with Gasteiger partial charge < -0.3 is 20.5 Å². The molecule has 1 spiro atoms. The number of benzene rings is 1. The van der Waals surface area contributed by atoms with Crippen molar-refractivity contribution in [1.29, 1.82) is 0 Å². The molecule has 1 saturated heterocycles. The Kier molecular flexibility index (Phi) is 7.57. The number of halogens is 1. The first kappa shape index (κ1) is 27.0. The summed E-state index contributed by atoms with van der Waals surface area (Å²) >= 11 is 0. The summed E-state index contributed by atoms with van der Waals surface area (Å²) in [7, 11) is 0. The molecule has 1 unspecified atom stereocenters. The van der Waals surface area contributed by atoms with Gasteiger partial charge >= 0.3 is 6.09 Å². The van der Waals surface area contributed by atoms with Gasteiger partial charge in [-0.3, -0.25) is 14.5 Å². The quantitative estimate of drug-likeness (QED) is 0.497. The monoisotopic (exact) mass is 543 g/mol.